The average Bonchev–Trinajstić information content (AvgIpc) is 3.54. The average molecular weight is 406 g/mol. The molecule has 1 aliphatic carbocycles. The number of hydrogen-bond donors (Lipinski definition) is 2. The van der Waals surface area contributed by atoms with Crippen LogP contribution in [0, 0.1) is 12.8 Å². The second-order valence-corrected chi connectivity index (χ2v) is 8.72. The predicted molar refractivity (Wildman–Crippen MR) is 125 cm³/mol. The van der Waals surface area contributed by atoms with Crippen LogP contribution in [0.1, 0.15) is 56.4 Å². The fourth-order valence-corrected chi connectivity index (χ4v) is 4.46. The van der Waals surface area contributed by atoms with Gasteiger partial charge in [-0.15, -0.1) is 0 Å². The van der Waals surface area contributed by atoms with Gasteiger partial charge in [-0.3, -0.25) is 4.90 Å². The number of β-amino-alcohol motifs (C(OH)–C–C–N with tert-alkyl or cyclic N) is 1. The first kappa shape index (κ1) is 21.1. The molecule has 1 saturated heterocycles. The number of benzene rings is 1. The number of pyridine rings is 1. The van der Waals surface area contributed by atoms with E-state index in [-0.39, 0.29) is 6.10 Å². The van der Waals surface area contributed by atoms with Crippen molar-refractivity contribution < 1.29 is 5.11 Å². The molecule has 0 bridgehead atoms. The lowest BCUT2D eigenvalue weighted by molar-refractivity contribution is 0.0668. The molecule has 2 fully saturated rings. The van der Waals surface area contributed by atoms with Crippen LogP contribution < -0.4 is 0 Å². The molecule has 1 saturated carbocycles. The van der Waals surface area contributed by atoms with Crippen LogP contribution in [0.4, 0.5) is 0 Å². The third kappa shape index (κ3) is 4.76. The Kier molecular flexibility index (Phi) is 6.55. The van der Waals surface area contributed by atoms with Crippen LogP contribution in [0.2, 0.25) is 0 Å². The maximum atomic E-state index is 9.86. The highest BCUT2D eigenvalue weighted by atomic mass is 16.3. The van der Waals surface area contributed by atoms with Gasteiger partial charge in [0, 0.05) is 35.9 Å². The van der Waals surface area contributed by atoms with E-state index in [4.69, 9.17) is 4.98 Å². The van der Waals surface area contributed by atoms with E-state index in [1.807, 2.05) is 20.0 Å². The highest BCUT2D eigenvalue weighted by Gasteiger charge is 2.24. The third-order valence-corrected chi connectivity index (χ3v) is 6.38. The Morgan fingerprint density at radius 3 is 2.57 bits per heavy atom. The van der Waals surface area contributed by atoms with Crippen molar-refractivity contribution in [2.24, 2.45) is 5.92 Å². The number of nitrogens with one attached hydrogen (secondary N) is 1. The van der Waals surface area contributed by atoms with Gasteiger partial charge in [0.25, 0.3) is 0 Å². The minimum atomic E-state index is -0.166. The van der Waals surface area contributed by atoms with Crippen LogP contribution >= 0.6 is 0 Å². The van der Waals surface area contributed by atoms with Gasteiger partial charge in [0.05, 0.1) is 6.10 Å². The Balaban J connectivity index is 0.00000106. The number of aromatic nitrogens is 2. The quantitative estimate of drug-likeness (QED) is 0.591. The number of aliphatic hydroxyl groups excluding tert-OH is 1. The molecular formula is C26H35N3O. The van der Waals surface area contributed by atoms with Crippen LogP contribution in [0.5, 0.6) is 0 Å². The molecule has 160 valence electrons. The molecule has 1 atom stereocenters. The van der Waals surface area contributed by atoms with Crippen LogP contribution in [-0.2, 0) is 13.0 Å². The molecule has 1 unspecified atom stereocenters. The number of aromatic amines is 1. The van der Waals surface area contributed by atoms with E-state index < -0.39 is 0 Å². The van der Waals surface area contributed by atoms with Crippen LogP contribution in [0.3, 0.4) is 0 Å². The predicted octanol–water partition coefficient (Wildman–Crippen LogP) is 5.47. The molecule has 4 heteroatoms. The fraction of sp³-hybridized carbons (Fsp3) is 0.500. The number of hydrogen-bond acceptors (Lipinski definition) is 3. The van der Waals surface area contributed by atoms with E-state index in [0.717, 1.165) is 50.5 Å². The molecule has 3 heterocycles. The number of likely N-dealkylation sites (tertiary alicyclic amines) is 1. The van der Waals surface area contributed by atoms with Gasteiger partial charge in [-0.05, 0) is 74.2 Å². The van der Waals surface area contributed by atoms with Crippen molar-refractivity contribution in [3.63, 3.8) is 0 Å². The number of aliphatic hydroxyl groups is 1. The molecule has 0 spiro atoms. The Labute approximate surface area is 180 Å². The van der Waals surface area contributed by atoms with Crippen molar-refractivity contribution in [3.8, 4) is 11.1 Å². The Morgan fingerprint density at radius 1 is 1.10 bits per heavy atom. The summed E-state index contributed by atoms with van der Waals surface area (Å²) in [6, 6.07) is 11.1. The van der Waals surface area contributed by atoms with Gasteiger partial charge < -0.3 is 10.1 Å². The van der Waals surface area contributed by atoms with Crippen LogP contribution in [0.25, 0.3) is 22.2 Å². The molecule has 1 aliphatic heterocycles. The summed E-state index contributed by atoms with van der Waals surface area (Å²) in [4.78, 5) is 10.6. The van der Waals surface area contributed by atoms with Crippen molar-refractivity contribution in [2.45, 2.75) is 65.5 Å². The van der Waals surface area contributed by atoms with E-state index in [1.165, 1.54) is 46.2 Å². The zero-order valence-electron chi connectivity index (χ0n) is 18.6. The fourth-order valence-electron chi connectivity index (χ4n) is 4.46. The lowest BCUT2D eigenvalue weighted by Crippen LogP contribution is -2.37. The van der Waals surface area contributed by atoms with Crippen molar-refractivity contribution >= 4 is 11.0 Å². The minimum Gasteiger partial charge on any atom is -0.392 e. The summed E-state index contributed by atoms with van der Waals surface area (Å²) in [5.74, 6) is 0.875. The summed E-state index contributed by atoms with van der Waals surface area (Å²) in [5, 5.41) is 11.1. The molecule has 5 rings (SSSR count). The second kappa shape index (κ2) is 9.32. The maximum Gasteiger partial charge on any atom is 0.137 e. The third-order valence-electron chi connectivity index (χ3n) is 6.38. The standard InChI is InChI=1S/C24H29N3O.C2H6/c1-16-22-12-20(13-25-24(22)26-23(16)11-17-4-5-17)19-8-6-18(7-9-19)14-27-10-2-3-21(28)15-27;1-2/h6-9,12-13,17,21,28H,2-5,10-11,14-15H2,1H3,(H,25,26);1-2H3. The topological polar surface area (TPSA) is 52.2 Å². The van der Waals surface area contributed by atoms with Crippen molar-refractivity contribution in [2.75, 3.05) is 13.1 Å². The minimum absolute atomic E-state index is 0.166. The lowest BCUT2D eigenvalue weighted by Gasteiger charge is -2.29. The molecule has 3 aromatic rings. The molecule has 4 nitrogen and oxygen atoms in total. The Morgan fingerprint density at radius 2 is 1.87 bits per heavy atom. The summed E-state index contributed by atoms with van der Waals surface area (Å²) >= 11 is 0. The molecule has 0 amide bonds. The van der Waals surface area contributed by atoms with Gasteiger partial charge in [-0.2, -0.15) is 0 Å². The molecule has 30 heavy (non-hydrogen) atoms. The number of piperidine rings is 1. The summed E-state index contributed by atoms with van der Waals surface area (Å²) in [6.45, 7) is 9.00. The number of nitrogens with zero attached hydrogens (tertiary/aromatic N) is 2. The van der Waals surface area contributed by atoms with Crippen molar-refractivity contribution in [1.82, 2.24) is 14.9 Å². The van der Waals surface area contributed by atoms with Crippen molar-refractivity contribution in [3.05, 3.63) is 53.3 Å². The molecular weight excluding hydrogens is 370 g/mol. The maximum absolute atomic E-state index is 9.86. The second-order valence-electron chi connectivity index (χ2n) is 8.72. The number of rotatable bonds is 5. The van der Waals surface area contributed by atoms with Gasteiger partial charge in [-0.25, -0.2) is 4.98 Å². The lowest BCUT2D eigenvalue weighted by atomic mass is 10.0. The summed E-state index contributed by atoms with van der Waals surface area (Å²) in [6.07, 6.45) is 7.74. The smallest absolute Gasteiger partial charge is 0.137 e. The van der Waals surface area contributed by atoms with E-state index >= 15 is 0 Å². The van der Waals surface area contributed by atoms with Crippen LogP contribution in [-0.4, -0.2) is 39.2 Å². The van der Waals surface area contributed by atoms with Gasteiger partial charge in [-0.1, -0.05) is 38.1 Å². The number of fused-ring (bicyclic) bond motifs is 1. The Hall–Kier alpha value is -2.17. The molecule has 0 radical (unpaired) electrons. The van der Waals surface area contributed by atoms with E-state index in [2.05, 4.69) is 47.1 Å². The zero-order chi connectivity index (χ0) is 21.1. The zero-order valence-corrected chi connectivity index (χ0v) is 18.6. The molecule has 2 aliphatic rings. The van der Waals surface area contributed by atoms with Gasteiger partial charge in [0.15, 0.2) is 0 Å². The molecule has 1 aromatic carbocycles. The van der Waals surface area contributed by atoms with Gasteiger partial charge in [0.1, 0.15) is 5.65 Å². The highest BCUT2D eigenvalue weighted by Crippen LogP contribution is 2.35. The Bertz CT molecular complexity index is 972. The van der Waals surface area contributed by atoms with Crippen LogP contribution in [0.15, 0.2) is 36.5 Å². The molecule has 2 N–H and O–H groups in total. The largest absolute Gasteiger partial charge is 0.392 e. The monoisotopic (exact) mass is 405 g/mol. The molecule has 2 aromatic heterocycles. The summed E-state index contributed by atoms with van der Waals surface area (Å²) in [7, 11) is 0. The summed E-state index contributed by atoms with van der Waals surface area (Å²) < 4.78 is 0. The first-order chi connectivity index (χ1) is 14.7. The first-order valence-electron chi connectivity index (χ1n) is 11.6. The van der Waals surface area contributed by atoms with E-state index in [1.54, 1.807) is 0 Å². The number of aryl methyl sites for hydroxylation is 1. The van der Waals surface area contributed by atoms with E-state index in [9.17, 15) is 5.11 Å². The highest BCUT2D eigenvalue weighted by molar-refractivity contribution is 5.85. The number of H-pyrrole nitrogens is 1. The van der Waals surface area contributed by atoms with Crippen molar-refractivity contribution in [1.29, 1.82) is 0 Å². The van der Waals surface area contributed by atoms with Gasteiger partial charge in [0.2, 0.25) is 0 Å². The first-order valence-corrected chi connectivity index (χ1v) is 11.6. The summed E-state index contributed by atoms with van der Waals surface area (Å²) in [5.41, 5.74) is 7.42. The van der Waals surface area contributed by atoms with Gasteiger partial charge >= 0.3 is 0 Å². The SMILES string of the molecule is CC.Cc1c(CC2CC2)[nH]c2ncc(-c3ccc(CN4CCCC(O)C4)cc3)cc12. The normalized spacial score (nSPS) is 19.5. The van der Waals surface area contributed by atoms with E-state index in [0.29, 0.717) is 0 Å².